The predicted octanol–water partition coefficient (Wildman–Crippen LogP) is 2.88. The number of carbonyl (C=O) groups is 1. The van der Waals surface area contributed by atoms with Crippen LogP contribution in [0.25, 0.3) is 0 Å². The lowest BCUT2D eigenvalue weighted by Crippen LogP contribution is -2.13. The molecule has 0 fully saturated rings. The van der Waals surface area contributed by atoms with Gasteiger partial charge in [-0.2, -0.15) is 5.26 Å². The molecule has 2 aromatic rings. The summed E-state index contributed by atoms with van der Waals surface area (Å²) in [5.74, 6) is -0.252. The molecule has 2 rings (SSSR count). The highest BCUT2D eigenvalue weighted by Crippen LogP contribution is 2.18. The van der Waals surface area contributed by atoms with Crippen LogP contribution in [0.3, 0.4) is 0 Å². The summed E-state index contributed by atoms with van der Waals surface area (Å²) < 4.78 is 0. The molecule has 0 unspecified atom stereocenters. The molecule has 1 amide bonds. The molecule has 18 heavy (non-hydrogen) atoms. The molecule has 4 nitrogen and oxygen atoms in total. The first-order valence-corrected chi connectivity index (χ1v) is 6.22. The van der Waals surface area contributed by atoms with Gasteiger partial charge in [-0.1, -0.05) is 6.07 Å². The van der Waals surface area contributed by atoms with Crippen molar-refractivity contribution in [2.24, 2.45) is 0 Å². The molecule has 0 spiro atoms. The zero-order valence-corrected chi connectivity index (χ0v) is 10.8. The third-order valence-electron chi connectivity index (χ3n) is 2.47. The van der Waals surface area contributed by atoms with Gasteiger partial charge in [0.05, 0.1) is 16.6 Å². The Balaban J connectivity index is 2.24. The van der Waals surface area contributed by atoms with Crippen LogP contribution in [0.15, 0.2) is 23.6 Å². The van der Waals surface area contributed by atoms with Gasteiger partial charge < -0.3 is 5.32 Å². The van der Waals surface area contributed by atoms with E-state index in [0.717, 1.165) is 10.6 Å². The Labute approximate surface area is 109 Å². The third kappa shape index (κ3) is 2.55. The summed E-state index contributed by atoms with van der Waals surface area (Å²) in [6, 6.07) is 7.23. The van der Waals surface area contributed by atoms with Gasteiger partial charge in [-0.05, 0) is 31.5 Å². The number of aryl methyl sites for hydroxylation is 2. The van der Waals surface area contributed by atoms with E-state index in [2.05, 4.69) is 10.3 Å². The largest absolute Gasteiger partial charge is 0.320 e. The Bertz CT molecular complexity index is 640. The van der Waals surface area contributed by atoms with Crippen LogP contribution in [0.4, 0.5) is 5.69 Å². The number of nitrogens with one attached hydrogen (secondary N) is 1. The van der Waals surface area contributed by atoms with Crippen molar-refractivity contribution in [2.45, 2.75) is 13.8 Å². The molecule has 0 saturated heterocycles. The van der Waals surface area contributed by atoms with Crippen molar-refractivity contribution in [3.8, 4) is 6.07 Å². The maximum atomic E-state index is 11.9. The molecule has 90 valence electrons. The maximum absolute atomic E-state index is 11.9. The van der Waals surface area contributed by atoms with Crippen LogP contribution in [0.5, 0.6) is 0 Å². The van der Waals surface area contributed by atoms with Crippen LogP contribution < -0.4 is 5.32 Å². The number of carbonyl (C=O) groups excluding carboxylic acids is 1. The van der Waals surface area contributed by atoms with Gasteiger partial charge >= 0.3 is 0 Å². The lowest BCUT2D eigenvalue weighted by Gasteiger charge is -2.07. The van der Waals surface area contributed by atoms with Crippen LogP contribution in [-0.4, -0.2) is 10.9 Å². The van der Waals surface area contributed by atoms with Gasteiger partial charge in [-0.25, -0.2) is 4.98 Å². The zero-order chi connectivity index (χ0) is 13.1. The molecule has 0 radical (unpaired) electrons. The molecule has 1 N–H and O–H groups in total. The number of hydrogen-bond acceptors (Lipinski definition) is 4. The van der Waals surface area contributed by atoms with Gasteiger partial charge in [0.1, 0.15) is 5.69 Å². The molecule has 0 atom stereocenters. The van der Waals surface area contributed by atoms with Gasteiger partial charge in [-0.15, -0.1) is 11.3 Å². The van der Waals surface area contributed by atoms with E-state index in [1.165, 1.54) is 11.3 Å². The maximum Gasteiger partial charge on any atom is 0.275 e. The van der Waals surface area contributed by atoms with Crippen molar-refractivity contribution < 1.29 is 4.79 Å². The highest BCUT2D eigenvalue weighted by atomic mass is 32.1. The summed E-state index contributed by atoms with van der Waals surface area (Å²) in [7, 11) is 0. The first-order chi connectivity index (χ1) is 8.60. The number of aromatic nitrogens is 1. The number of anilines is 1. The number of amides is 1. The molecular formula is C13H11N3OS. The van der Waals surface area contributed by atoms with Gasteiger partial charge in [0.25, 0.3) is 5.91 Å². The van der Waals surface area contributed by atoms with Gasteiger partial charge in [0.15, 0.2) is 0 Å². The van der Waals surface area contributed by atoms with Crippen LogP contribution in [0, 0.1) is 25.2 Å². The smallest absolute Gasteiger partial charge is 0.275 e. The van der Waals surface area contributed by atoms with Crippen LogP contribution in [0.2, 0.25) is 0 Å². The molecular weight excluding hydrogens is 246 g/mol. The summed E-state index contributed by atoms with van der Waals surface area (Å²) in [6.45, 7) is 3.73. The van der Waals surface area contributed by atoms with Crippen molar-refractivity contribution in [3.05, 3.63) is 45.4 Å². The number of rotatable bonds is 2. The first-order valence-electron chi connectivity index (χ1n) is 5.34. The molecule has 0 bridgehead atoms. The Morgan fingerprint density at radius 3 is 2.83 bits per heavy atom. The molecule has 1 aromatic heterocycles. The third-order valence-corrected chi connectivity index (χ3v) is 3.24. The van der Waals surface area contributed by atoms with Gasteiger partial charge in [0.2, 0.25) is 0 Å². The van der Waals surface area contributed by atoms with Crippen LogP contribution in [-0.2, 0) is 0 Å². The quantitative estimate of drug-likeness (QED) is 0.899. The van der Waals surface area contributed by atoms with E-state index >= 15 is 0 Å². The SMILES string of the molecule is Cc1nc(C(=O)Nc2cc(C#N)ccc2C)cs1. The fraction of sp³-hybridized carbons (Fsp3) is 0.154. The molecule has 1 heterocycles. The highest BCUT2D eigenvalue weighted by molar-refractivity contribution is 7.09. The predicted molar refractivity (Wildman–Crippen MR) is 70.7 cm³/mol. The van der Waals surface area contributed by atoms with E-state index in [9.17, 15) is 4.79 Å². The number of nitriles is 1. The second-order valence-electron chi connectivity index (χ2n) is 3.85. The second-order valence-corrected chi connectivity index (χ2v) is 4.91. The van der Waals surface area contributed by atoms with Crippen LogP contribution in [0.1, 0.15) is 26.6 Å². The Morgan fingerprint density at radius 2 is 2.22 bits per heavy atom. The average Bonchev–Trinajstić information content (AvgIpc) is 2.79. The summed E-state index contributed by atoms with van der Waals surface area (Å²) in [4.78, 5) is 16.0. The lowest BCUT2D eigenvalue weighted by atomic mass is 10.1. The van der Waals surface area contributed by atoms with E-state index in [-0.39, 0.29) is 5.91 Å². The fourth-order valence-corrected chi connectivity index (χ4v) is 2.07. The van der Waals surface area contributed by atoms with Crippen molar-refractivity contribution in [3.63, 3.8) is 0 Å². The molecule has 1 aromatic carbocycles. The Morgan fingerprint density at radius 1 is 1.44 bits per heavy atom. The molecule has 0 aliphatic carbocycles. The second kappa shape index (κ2) is 4.98. The monoisotopic (exact) mass is 257 g/mol. The molecule has 0 aliphatic rings. The first kappa shape index (κ1) is 12.3. The van der Waals surface area contributed by atoms with Crippen molar-refractivity contribution >= 4 is 22.9 Å². The minimum absolute atomic E-state index is 0.252. The van der Waals surface area contributed by atoms with Crippen LogP contribution >= 0.6 is 11.3 Å². The average molecular weight is 257 g/mol. The van der Waals surface area contributed by atoms with Crippen molar-refractivity contribution in [2.75, 3.05) is 5.32 Å². The highest BCUT2D eigenvalue weighted by Gasteiger charge is 2.11. The molecule has 0 saturated carbocycles. The Hall–Kier alpha value is -2.19. The van der Waals surface area contributed by atoms with Gasteiger partial charge in [0, 0.05) is 11.1 Å². The topological polar surface area (TPSA) is 65.8 Å². The number of thiazole rings is 1. The minimum Gasteiger partial charge on any atom is -0.320 e. The Kier molecular flexibility index (Phi) is 3.40. The van der Waals surface area contributed by atoms with E-state index in [1.54, 1.807) is 23.6 Å². The van der Waals surface area contributed by atoms with E-state index in [0.29, 0.717) is 16.9 Å². The summed E-state index contributed by atoms with van der Waals surface area (Å²) in [5, 5.41) is 14.2. The minimum atomic E-state index is -0.252. The fourth-order valence-electron chi connectivity index (χ4n) is 1.48. The standard InChI is InChI=1S/C13H11N3OS/c1-8-3-4-10(6-14)5-11(8)16-13(17)12-7-18-9(2)15-12/h3-5,7H,1-2H3,(H,16,17). The van der Waals surface area contributed by atoms with E-state index in [1.807, 2.05) is 19.9 Å². The number of nitrogens with zero attached hydrogens (tertiary/aromatic N) is 2. The summed E-state index contributed by atoms with van der Waals surface area (Å²) in [6.07, 6.45) is 0. The molecule has 0 aliphatic heterocycles. The van der Waals surface area contributed by atoms with E-state index < -0.39 is 0 Å². The van der Waals surface area contributed by atoms with Crippen molar-refractivity contribution in [1.82, 2.24) is 4.98 Å². The number of hydrogen-bond donors (Lipinski definition) is 1. The summed E-state index contributed by atoms with van der Waals surface area (Å²) >= 11 is 1.43. The number of benzene rings is 1. The lowest BCUT2D eigenvalue weighted by molar-refractivity contribution is 0.102. The van der Waals surface area contributed by atoms with Crippen molar-refractivity contribution in [1.29, 1.82) is 5.26 Å². The molecule has 5 heteroatoms. The zero-order valence-electron chi connectivity index (χ0n) is 10.0. The normalized spacial score (nSPS) is 9.83. The van der Waals surface area contributed by atoms with Gasteiger partial charge in [-0.3, -0.25) is 4.79 Å². The van der Waals surface area contributed by atoms with E-state index in [4.69, 9.17) is 5.26 Å². The summed E-state index contributed by atoms with van der Waals surface area (Å²) in [5.41, 5.74) is 2.48.